The van der Waals surface area contributed by atoms with Gasteiger partial charge in [0.1, 0.15) is 12.1 Å². The molecule has 84 valence electrons. The lowest BCUT2D eigenvalue weighted by atomic mass is 10.2. The molecule has 3 rings (SSSR count). The summed E-state index contributed by atoms with van der Waals surface area (Å²) in [7, 11) is 0. The number of rotatable bonds is 1. The molecule has 0 amide bonds. The fourth-order valence-corrected chi connectivity index (χ4v) is 1.77. The smallest absolute Gasteiger partial charge is 0.209 e. The van der Waals surface area contributed by atoms with Crippen molar-refractivity contribution in [1.82, 2.24) is 25.0 Å². The van der Waals surface area contributed by atoms with Crippen LogP contribution in [0, 0.1) is 6.92 Å². The summed E-state index contributed by atoms with van der Waals surface area (Å²) in [5, 5.41) is 11.2. The van der Waals surface area contributed by atoms with Gasteiger partial charge in [0.25, 0.3) is 0 Å². The predicted octanol–water partition coefficient (Wildman–Crippen LogP) is 1.05. The summed E-state index contributed by atoms with van der Waals surface area (Å²) in [6.07, 6.45) is 1.64. The predicted molar refractivity (Wildman–Crippen MR) is 62.7 cm³/mol. The summed E-state index contributed by atoms with van der Waals surface area (Å²) in [5.74, 6) is 0.960. The van der Waals surface area contributed by atoms with Gasteiger partial charge in [-0.05, 0) is 23.8 Å². The van der Waals surface area contributed by atoms with E-state index in [-0.39, 0.29) is 0 Å². The highest BCUT2D eigenvalue weighted by Crippen LogP contribution is 2.24. The zero-order valence-corrected chi connectivity index (χ0v) is 9.20. The van der Waals surface area contributed by atoms with Crippen molar-refractivity contribution >= 4 is 5.82 Å². The highest BCUT2D eigenvalue weighted by Gasteiger charge is 2.16. The molecule has 2 N–H and O–H groups in total. The van der Waals surface area contributed by atoms with Crippen LogP contribution in [0.4, 0.5) is 5.82 Å². The average molecular weight is 226 g/mol. The topological polar surface area (TPSA) is 82.5 Å². The van der Waals surface area contributed by atoms with Gasteiger partial charge in [-0.25, -0.2) is 4.98 Å². The maximum Gasteiger partial charge on any atom is 0.209 e. The van der Waals surface area contributed by atoms with Gasteiger partial charge in [0.05, 0.1) is 5.69 Å². The van der Waals surface area contributed by atoms with E-state index in [1.54, 1.807) is 10.9 Å². The minimum atomic E-state index is 0.465. The molecule has 6 nitrogen and oxygen atoms in total. The first-order chi connectivity index (χ1) is 8.27. The Bertz CT molecular complexity index is 644. The zero-order valence-electron chi connectivity index (χ0n) is 9.20. The van der Waals surface area contributed by atoms with Gasteiger partial charge in [0, 0.05) is 0 Å². The fourth-order valence-electron chi connectivity index (χ4n) is 1.77. The second-order valence-electron chi connectivity index (χ2n) is 3.75. The molecule has 0 aromatic heterocycles. The molecule has 2 aliphatic rings. The molecule has 0 atom stereocenters. The van der Waals surface area contributed by atoms with Crippen molar-refractivity contribution in [3.8, 4) is 17.2 Å². The normalized spacial score (nSPS) is 10.9. The number of nitrogens with zero attached hydrogens (tertiary/aromatic N) is 5. The van der Waals surface area contributed by atoms with E-state index >= 15 is 0 Å². The van der Waals surface area contributed by atoms with Crippen molar-refractivity contribution in [3.05, 3.63) is 36.2 Å². The van der Waals surface area contributed by atoms with E-state index in [0.29, 0.717) is 17.3 Å². The standard InChI is InChI=1S/C11H10N6/c1-7-4-2-3-5-8(7)17-6-13-11-9(10(17)12)14-16-15-11/h2-6H,12H2,1H3. The number of aryl methyl sites for hydroxylation is 1. The van der Waals surface area contributed by atoms with Gasteiger partial charge in [-0.15, -0.1) is 10.2 Å². The Morgan fingerprint density at radius 3 is 2.82 bits per heavy atom. The van der Waals surface area contributed by atoms with Gasteiger partial charge in [-0.2, -0.15) is 0 Å². The van der Waals surface area contributed by atoms with Crippen molar-refractivity contribution in [2.75, 3.05) is 5.73 Å². The van der Waals surface area contributed by atoms with Crippen LogP contribution in [0.25, 0.3) is 17.2 Å². The molecule has 1 aromatic carbocycles. The van der Waals surface area contributed by atoms with Crippen LogP contribution in [-0.2, 0) is 0 Å². The summed E-state index contributed by atoms with van der Waals surface area (Å²) in [6.45, 7) is 2.01. The van der Waals surface area contributed by atoms with Crippen molar-refractivity contribution in [1.29, 1.82) is 0 Å². The van der Waals surface area contributed by atoms with E-state index in [0.717, 1.165) is 11.3 Å². The van der Waals surface area contributed by atoms with Crippen molar-refractivity contribution in [2.45, 2.75) is 6.92 Å². The molecule has 1 aromatic rings. The number of aromatic nitrogens is 5. The Morgan fingerprint density at radius 2 is 2.00 bits per heavy atom. The van der Waals surface area contributed by atoms with Crippen LogP contribution in [0.3, 0.4) is 0 Å². The number of anilines is 1. The van der Waals surface area contributed by atoms with Crippen LogP contribution < -0.4 is 5.73 Å². The minimum absolute atomic E-state index is 0.465. The molecule has 2 aliphatic heterocycles. The van der Waals surface area contributed by atoms with Gasteiger partial charge in [0.2, 0.25) is 5.82 Å². The Kier molecular flexibility index (Phi) is 2.01. The van der Waals surface area contributed by atoms with Gasteiger partial charge in [-0.3, -0.25) is 4.57 Å². The number of para-hydroxylation sites is 1. The summed E-state index contributed by atoms with van der Waals surface area (Å²) in [6, 6.07) is 7.92. The number of nitrogen functional groups attached to an aromatic ring is 1. The summed E-state index contributed by atoms with van der Waals surface area (Å²) in [5.41, 5.74) is 8.65. The third-order valence-corrected chi connectivity index (χ3v) is 2.67. The van der Waals surface area contributed by atoms with Crippen LogP contribution in [-0.4, -0.2) is 25.0 Å². The summed E-state index contributed by atoms with van der Waals surface area (Å²) < 4.78 is 1.79. The summed E-state index contributed by atoms with van der Waals surface area (Å²) >= 11 is 0. The Morgan fingerprint density at radius 1 is 1.18 bits per heavy atom. The van der Waals surface area contributed by atoms with Crippen LogP contribution >= 0.6 is 0 Å². The molecule has 0 spiro atoms. The van der Waals surface area contributed by atoms with Gasteiger partial charge < -0.3 is 5.73 Å². The Balaban J connectivity index is 2.29. The van der Waals surface area contributed by atoms with Crippen LogP contribution in [0.2, 0.25) is 0 Å². The lowest BCUT2D eigenvalue weighted by molar-refractivity contribution is 0.946. The zero-order chi connectivity index (χ0) is 11.8. The average Bonchev–Trinajstić information content (AvgIpc) is 2.80. The largest absolute Gasteiger partial charge is 0.383 e. The SMILES string of the molecule is Cc1ccccc1-n1cnc2nnnc-2c1N. The molecule has 2 heterocycles. The van der Waals surface area contributed by atoms with Gasteiger partial charge in [-0.1, -0.05) is 18.2 Å². The van der Waals surface area contributed by atoms with Gasteiger partial charge >= 0.3 is 0 Å². The van der Waals surface area contributed by atoms with E-state index in [9.17, 15) is 0 Å². The molecule has 0 radical (unpaired) electrons. The first-order valence-corrected chi connectivity index (χ1v) is 5.15. The molecule has 0 bridgehead atoms. The molecule has 17 heavy (non-hydrogen) atoms. The molecule has 0 saturated carbocycles. The van der Waals surface area contributed by atoms with Crippen molar-refractivity contribution < 1.29 is 0 Å². The number of nitrogens with two attached hydrogens (primary N) is 1. The molecule has 6 heteroatoms. The van der Waals surface area contributed by atoms with Crippen LogP contribution in [0.1, 0.15) is 5.56 Å². The maximum absolute atomic E-state index is 6.04. The number of hydrogen-bond acceptors (Lipinski definition) is 5. The Hall–Kier alpha value is -2.50. The number of fused-ring (bicyclic) bond motifs is 1. The Labute approximate surface area is 97.5 Å². The van der Waals surface area contributed by atoms with Crippen LogP contribution in [0.5, 0.6) is 0 Å². The third-order valence-electron chi connectivity index (χ3n) is 2.67. The van der Waals surface area contributed by atoms with Crippen LogP contribution in [0.15, 0.2) is 30.6 Å². The highest BCUT2D eigenvalue weighted by molar-refractivity contribution is 5.66. The minimum Gasteiger partial charge on any atom is -0.383 e. The van der Waals surface area contributed by atoms with Crippen molar-refractivity contribution in [3.63, 3.8) is 0 Å². The number of hydrogen-bond donors (Lipinski definition) is 1. The molecule has 0 unspecified atom stereocenters. The first-order valence-electron chi connectivity index (χ1n) is 5.15. The van der Waals surface area contributed by atoms with E-state index < -0.39 is 0 Å². The second-order valence-corrected chi connectivity index (χ2v) is 3.75. The van der Waals surface area contributed by atoms with Gasteiger partial charge in [0.15, 0.2) is 5.69 Å². The van der Waals surface area contributed by atoms with E-state index in [2.05, 4.69) is 20.4 Å². The monoisotopic (exact) mass is 226 g/mol. The lowest BCUT2D eigenvalue weighted by Crippen LogP contribution is -2.08. The first kappa shape index (κ1) is 9.71. The highest BCUT2D eigenvalue weighted by atomic mass is 15.4. The second kappa shape index (κ2) is 3.51. The molecular formula is C11H10N6. The van der Waals surface area contributed by atoms with E-state index in [4.69, 9.17) is 5.73 Å². The quantitative estimate of drug-likeness (QED) is 0.670. The van der Waals surface area contributed by atoms with E-state index in [1.165, 1.54) is 0 Å². The lowest BCUT2D eigenvalue weighted by Gasteiger charge is -2.13. The van der Waals surface area contributed by atoms with E-state index in [1.807, 2.05) is 31.2 Å². The molecular weight excluding hydrogens is 216 g/mol. The third kappa shape index (κ3) is 1.42. The molecule has 0 aliphatic carbocycles. The maximum atomic E-state index is 6.04. The summed E-state index contributed by atoms with van der Waals surface area (Å²) in [4.78, 5) is 4.17. The molecule has 0 saturated heterocycles. The molecule has 0 fully saturated rings. The van der Waals surface area contributed by atoms with Crippen molar-refractivity contribution in [2.24, 2.45) is 0 Å². The fraction of sp³-hybridized carbons (Fsp3) is 0.0909. The number of benzene rings is 1.